The summed E-state index contributed by atoms with van der Waals surface area (Å²) in [5, 5.41) is 0. The Morgan fingerprint density at radius 3 is 2.83 bits per heavy atom. The van der Waals surface area contributed by atoms with Crippen molar-refractivity contribution in [1.82, 2.24) is 4.90 Å². The minimum Gasteiger partial charge on any atom is -0.371 e. The molecule has 6 heavy (non-hydrogen) atoms. The number of hydrogen-bond donors (Lipinski definition) is 0. The molecule has 1 unspecified atom stereocenters. The predicted octanol–water partition coefficient (Wildman–Crippen LogP) is 0.588. The van der Waals surface area contributed by atoms with Crippen molar-refractivity contribution in [3.8, 4) is 0 Å². The van der Waals surface area contributed by atoms with E-state index < -0.39 is 0 Å². The zero-order valence-corrected chi connectivity index (χ0v) is 3.59. The third-order valence-electron chi connectivity index (χ3n) is 1.46. The molecule has 0 aliphatic carbocycles. The summed E-state index contributed by atoms with van der Waals surface area (Å²) < 4.78 is 0. The fourth-order valence-corrected chi connectivity index (χ4v) is 0.942. The molecule has 1 heteroatoms. The molecule has 2 aliphatic rings. The lowest BCUT2D eigenvalue weighted by Gasteiger charge is -1.77. The summed E-state index contributed by atoms with van der Waals surface area (Å²) in [6.45, 7) is 1.33. The van der Waals surface area contributed by atoms with Crippen molar-refractivity contribution in [3.05, 3.63) is 12.3 Å². The Morgan fingerprint density at radius 2 is 2.67 bits per heavy atom. The van der Waals surface area contributed by atoms with Crippen LogP contribution in [0, 0.1) is 0 Å². The van der Waals surface area contributed by atoms with Crippen LogP contribution in [-0.4, -0.2) is 17.5 Å². The lowest BCUT2D eigenvalue weighted by atomic mass is 10.3. The molecule has 1 nitrogen and oxygen atoms in total. The molecule has 0 amide bonds. The lowest BCUT2D eigenvalue weighted by Crippen LogP contribution is -1.79. The van der Waals surface area contributed by atoms with Gasteiger partial charge in [0.15, 0.2) is 0 Å². The molecule has 0 aromatic heterocycles. The molecule has 0 aromatic carbocycles. The maximum Gasteiger partial charge on any atom is 0.0495 e. The maximum absolute atomic E-state index is 2.35. The molecule has 1 fully saturated rings. The van der Waals surface area contributed by atoms with Gasteiger partial charge in [0.1, 0.15) is 0 Å². The summed E-state index contributed by atoms with van der Waals surface area (Å²) >= 11 is 0. The molecule has 1 saturated heterocycles. The summed E-state index contributed by atoms with van der Waals surface area (Å²) in [6, 6.07) is 0.935. The summed E-state index contributed by atoms with van der Waals surface area (Å²) in [4.78, 5) is 2.35. The molecule has 0 aromatic rings. The van der Waals surface area contributed by atoms with Crippen LogP contribution in [0.4, 0.5) is 0 Å². The monoisotopic (exact) mass is 81.1 g/mol. The van der Waals surface area contributed by atoms with Crippen LogP contribution in [0.15, 0.2) is 12.3 Å². The van der Waals surface area contributed by atoms with Gasteiger partial charge in [0.2, 0.25) is 0 Å². The van der Waals surface area contributed by atoms with Gasteiger partial charge in [-0.15, -0.1) is 0 Å². The van der Waals surface area contributed by atoms with Crippen LogP contribution >= 0.6 is 0 Å². The van der Waals surface area contributed by atoms with Crippen LogP contribution in [0.25, 0.3) is 0 Å². The molecular formula is C5H7N. The molecule has 32 valence electrons. The summed E-state index contributed by atoms with van der Waals surface area (Å²) in [5.41, 5.74) is 0. The smallest absolute Gasteiger partial charge is 0.0495 e. The van der Waals surface area contributed by atoms with E-state index in [1.165, 1.54) is 13.0 Å². The minimum atomic E-state index is 0.935. The molecule has 2 rings (SSSR count). The molecule has 0 radical (unpaired) electrons. The second-order valence-corrected chi connectivity index (χ2v) is 1.97. The van der Waals surface area contributed by atoms with Crippen LogP contribution in [-0.2, 0) is 0 Å². The molecule has 0 spiro atoms. The molecule has 2 aliphatic heterocycles. The highest BCUT2D eigenvalue weighted by molar-refractivity contribution is 5.09. The summed E-state index contributed by atoms with van der Waals surface area (Å²) in [7, 11) is 0. The van der Waals surface area contributed by atoms with Crippen LogP contribution in [0.5, 0.6) is 0 Å². The minimum absolute atomic E-state index is 0.935. The number of rotatable bonds is 0. The normalized spacial score (nSPS) is 37.3. The average Bonchev–Trinajstić information content (AvgIpc) is 2.17. The van der Waals surface area contributed by atoms with Gasteiger partial charge in [-0.1, -0.05) is 6.08 Å². The Balaban J connectivity index is 2.26. The van der Waals surface area contributed by atoms with Gasteiger partial charge in [-0.25, -0.2) is 0 Å². The first-order chi connectivity index (χ1) is 2.97. The number of fused-ring (bicyclic) bond motifs is 1. The molecule has 0 saturated carbocycles. The van der Waals surface area contributed by atoms with E-state index in [-0.39, 0.29) is 0 Å². The molecule has 0 bridgehead atoms. The Kier molecular flexibility index (Phi) is 0.278. The van der Waals surface area contributed by atoms with E-state index in [1.54, 1.807) is 0 Å². The highest BCUT2D eigenvalue weighted by Gasteiger charge is 2.32. The predicted molar refractivity (Wildman–Crippen MR) is 24.3 cm³/mol. The van der Waals surface area contributed by atoms with Gasteiger partial charge in [0, 0.05) is 12.6 Å². The highest BCUT2D eigenvalue weighted by Crippen LogP contribution is 2.26. The second-order valence-electron chi connectivity index (χ2n) is 1.97. The molecule has 2 heterocycles. The third-order valence-corrected chi connectivity index (χ3v) is 1.46. The zero-order valence-electron chi connectivity index (χ0n) is 3.59. The van der Waals surface area contributed by atoms with Gasteiger partial charge in [-0.2, -0.15) is 0 Å². The van der Waals surface area contributed by atoms with E-state index in [0.717, 1.165) is 6.04 Å². The fraction of sp³-hybridized carbons (Fsp3) is 0.600. The van der Waals surface area contributed by atoms with Gasteiger partial charge >= 0.3 is 0 Å². The summed E-state index contributed by atoms with van der Waals surface area (Å²) in [6.07, 6.45) is 5.72. The Labute approximate surface area is 37.3 Å². The topological polar surface area (TPSA) is 3.01 Å². The average molecular weight is 81.1 g/mol. The maximum atomic E-state index is 2.35. The number of hydrogen-bond acceptors (Lipinski definition) is 1. The first kappa shape index (κ1) is 2.67. The standard InChI is InChI=1S/C5H7N/c1-2-5-4-6(5)3-1/h1,3,5H,2,4H2. The first-order valence-corrected chi connectivity index (χ1v) is 2.39. The van der Waals surface area contributed by atoms with E-state index >= 15 is 0 Å². The van der Waals surface area contributed by atoms with Crippen molar-refractivity contribution >= 4 is 0 Å². The van der Waals surface area contributed by atoms with Crippen LogP contribution in [0.3, 0.4) is 0 Å². The number of nitrogens with zero attached hydrogens (tertiary/aromatic N) is 1. The SMILES string of the molecule is C1=CN2CC2C1. The van der Waals surface area contributed by atoms with E-state index in [9.17, 15) is 0 Å². The molecular weight excluding hydrogens is 74.1 g/mol. The Morgan fingerprint density at radius 1 is 1.67 bits per heavy atom. The van der Waals surface area contributed by atoms with Crippen molar-refractivity contribution in [1.29, 1.82) is 0 Å². The van der Waals surface area contributed by atoms with Crippen molar-refractivity contribution in [2.75, 3.05) is 6.54 Å². The molecule has 1 atom stereocenters. The van der Waals surface area contributed by atoms with Crippen LogP contribution in [0.1, 0.15) is 6.42 Å². The van der Waals surface area contributed by atoms with Crippen molar-refractivity contribution in [2.24, 2.45) is 0 Å². The summed E-state index contributed by atoms with van der Waals surface area (Å²) in [5.74, 6) is 0. The van der Waals surface area contributed by atoms with Crippen molar-refractivity contribution < 1.29 is 0 Å². The van der Waals surface area contributed by atoms with Crippen molar-refractivity contribution in [3.63, 3.8) is 0 Å². The van der Waals surface area contributed by atoms with Gasteiger partial charge in [0.25, 0.3) is 0 Å². The van der Waals surface area contributed by atoms with E-state index in [0.29, 0.717) is 0 Å². The highest BCUT2D eigenvalue weighted by atomic mass is 15.3. The molecule has 0 N–H and O–H groups in total. The van der Waals surface area contributed by atoms with Gasteiger partial charge in [0.05, 0.1) is 0 Å². The Bertz CT molecular complexity index is 96.1. The largest absolute Gasteiger partial charge is 0.371 e. The fourth-order valence-electron chi connectivity index (χ4n) is 0.942. The first-order valence-electron chi connectivity index (χ1n) is 2.39. The lowest BCUT2D eigenvalue weighted by molar-refractivity contribution is 0.720. The second kappa shape index (κ2) is 0.625. The van der Waals surface area contributed by atoms with Gasteiger partial charge in [-0.05, 0) is 12.6 Å². The van der Waals surface area contributed by atoms with Crippen LogP contribution < -0.4 is 0 Å². The van der Waals surface area contributed by atoms with Crippen LogP contribution in [0.2, 0.25) is 0 Å². The van der Waals surface area contributed by atoms with E-state index in [1.807, 2.05) is 0 Å². The van der Waals surface area contributed by atoms with E-state index in [2.05, 4.69) is 17.2 Å². The quantitative estimate of drug-likeness (QED) is 0.386. The van der Waals surface area contributed by atoms with E-state index in [4.69, 9.17) is 0 Å². The Hall–Kier alpha value is -0.460. The van der Waals surface area contributed by atoms with Gasteiger partial charge < -0.3 is 4.90 Å². The third kappa shape index (κ3) is 0.171. The van der Waals surface area contributed by atoms with Gasteiger partial charge in [-0.3, -0.25) is 0 Å². The van der Waals surface area contributed by atoms with Crippen molar-refractivity contribution in [2.45, 2.75) is 12.5 Å². The zero-order chi connectivity index (χ0) is 3.98.